The molecule has 2 amide bonds. The lowest BCUT2D eigenvalue weighted by Crippen LogP contribution is -2.55. The van der Waals surface area contributed by atoms with Crippen molar-refractivity contribution >= 4 is 12.0 Å². The molecular formula is C26H34N6O3. The highest BCUT2D eigenvalue weighted by atomic mass is 16.6. The third-order valence-corrected chi connectivity index (χ3v) is 5.91. The number of hydrogen-bond donors (Lipinski definition) is 0. The van der Waals surface area contributed by atoms with Crippen LogP contribution in [0, 0.1) is 0 Å². The number of carbonyl (C=O) groups is 2. The first-order chi connectivity index (χ1) is 16.7. The van der Waals surface area contributed by atoms with Crippen LogP contribution in [0.15, 0.2) is 65.9 Å². The molecule has 0 unspecified atom stereocenters. The molecule has 0 N–H and O–H groups in total. The van der Waals surface area contributed by atoms with Crippen molar-refractivity contribution in [2.24, 2.45) is 5.22 Å². The van der Waals surface area contributed by atoms with Crippen molar-refractivity contribution in [2.45, 2.75) is 51.8 Å². The molecule has 186 valence electrons. The molecule has 0 radical (unpaired) electrons. The number of benzene rings is 2. The summed E-state index contributed by atoms with van der Waals surface area (Å²) >= 11 is 0. The van der Waals surface area contributed by atoms with Gasteiger partial charge in [0.15, 0.2) is 6.04 Å². The van der Waals surface area contributed by atoms with Crippen molar-refractivity contribution in [3.8, 4) is 0 Å². The molecule has 2 aromatic rings. The molecule has 0 aliphatic carbocycles. The van der Waals surface area contributed by atoms with E-state index in [9.17, 15) is 9.59 Å². The van der Waals surface area contributed by atoms with Crippen LogP contribution in [-0.4, -0.2) is 64.6 Å². The molecule has 0 saturated carbocycles. The summed E-state index contributed by atoms with van der Waals surface area (Å²) in [6.07, 6.45) is -0.532. The van der Waals surface area contributed by atoms with Gasteiger partial charge in [-0.15, -0.1) is 10.5 Å². The van der Waals surface area contributed by atoms with Crippen LogP contribution in [0.4, 0.5) is 4.79 Å². The van der Waals surface area contributed by atoms with Gasteiger partial charge in [0, 0.05) is 26.2 Å². The van der Waals surface area contributed by atoms with E-state index < -0.39 is 17.7 Å². The third-order valence-electron chi connectivity index (χ3n) is 5.91. The Balaban J connectivity index is 1.75. The predicted octanol–water partition coefficient (Wildman–Crippen LogP) is 5.16. The van der Waals surface area contributed by atoms with Gasteiger partial charge in [0.1, 0.15) is 5.60 Å². The summed E-state index contributed by atoms with van der Waals surface area (Å²) in [4.78, 5) is 32.9. The van der Waals surface area contributed by atoms with Crippen LogP contribution in [0.5, 0.6) is 0 Å². The van der Waals surface area contributed by atoms with Crippen molar-refractivity contribution in [3.63, 3.8) is 0 Å². The van der Waals surface area contributed by atoms with Crippen molar-refractivity contribution in [1.29, 1.82) is 0 Å². The molecule has 9 heteroatoms. The van der Waals surface area contributed by atoms with Gasteiger partial charge < -0.3 is 9.64 Å². The monoisotopic (exact) mass is 478 g/mol. The molecule has 1 atom stereocenters. The SMILES string of the molecule is CC[C@@H](C(=O)N1CCN(C(c2ccccc2)c2ccccc2)CC1)N(N=[N+]=[N-])C(=O)OC(C)(C)C. The summed E-state index contributed by atoms with van der Waals surface area (Å²) in [5.74, 6) is -0.249. The molecule has 2 aromatic carbocycles. The highest BCUT2D eigenvalue weighted by Crippen LogP contribution is 2.29. The second-order valence-corrected chi connectivity index (χ2v) is 9.51. The van der Waals surface area contributed by atoms with E-state index in [1.165, 1.54) is 11.1 Å². The number of amides is 2. The molecule has 1 aliphatic heterocycles. The predicted molar refractivity (Wildman–Crippen MR) is 134 cm³/mol. The molecule has 1 heterocycles. The summed E-state index contributed by atoms with van der Waals surface area (Å²) in [6.45, 7) is 9.29. The van der Waals surface area contributed by atoms with E-state index in [0.717, 1.165) is 5.01 Å². The summed E-state index contributed by atoms with van der Waals surface area (Å²) in [6, 6.07) is 19.8. The van der Waals surface area contributed by atoms with Gasteiger partial charge in [0.2, 0.25) is 0 Å². The molecule has 1 aliphatic rings. The molecular weight excluding hydrogens is 444 g/mol. The maximum absolute atomic E-state index is 13.4. The molecule has 1 fully saturated rings. The largest absolute Gasteiger partial charge is 0.511 e. The van der Waals surface area contributed by atoms with Crippen LogP contribution in [0.25, 0.3) is 10.4 Å². The van der Waals surface area contributed by atoms with Gasteiger partial charge in [-0.25, -0.2) is 0 Å². The zero-order valence-corrected chi connectivity index (χ0v) is 20.9. The fourth-order valence-electron chi connectivity index (χ4n) is 4.33. The molecule has 1 saturated heterocycles. The van der Waals surface area contributed by atoms with Gasteiger partial charge in [-0.2, -0.15) is 9.71 Å². The maximum atomic E-state index is 13.4. The lowest BCUT2D eigenvalue weighted by molar-refractivity contribution is -0.139. The Morgan fingerprint density at radius 2 is 1.51 bits per heavy atom. The molecule has 9 nitrogen and oxygen atoms in total. The van der Waals surface area contributed by atoms with Crippen LogP contribution >= 0.6 is 0 Å². The maximum Gasteiger partial charge on any atom is 0.511 e. The summed E-state index contributed by atoms with van der Waals surface area (Å²) in [5, 5.41) is 4.33. The molecule has 0 bridgehead atoms. The first-order valence-electron chi connectivity index (χ1n) is 11.9. The Bertz CT molecular complexity index is 987. The van der Waals surface area contributed by atoms with E-state index in [1.807, 2.05) is 36.4 Å². The number of carbonyl (C=O) groups excluding carboxylic acids is 2. The van der Waals surface area contributed by atoms with Gasteiger partial charge in [0.25, 0.3) is 5.91 Å². The second kappa shape index (κ2) is 11.7. The number of piperazine rings is 1. The van der Waals surface area contributed by atoms with Crippen LogP contribution in [0.2, 0.25) is 0 Å². The van der Waals surface area contributed by atoms with Crippen LogP contribution in [0.3, 0.4) is 0 Å². The normalized spacial score (nSPS) is 15.3. The lowest BCUT2D eigenvalue weighted by Gasteiger charge is -2.40. The number of hydrogen-bond acceptors (Lipinski definition) is 5. The van der Waals surface area contributed by atoms with E-state index in [4.69, 9.17) is 10.3 Å². The van der Waals surface area contributed by atoms with E-state index >= 15 is 0 Å². The third kappa shape index (κ3) is 6.74. The number of ether oxygens (including phenoxy) is 1. The highest BCUT2D eigenvalue weighted by molar-refractivity contribution is 5.85. The average Bonchev–Trinajstić information content (AvgIpc) is 2.85. The Morgan fingerprint density at radius 3 is 1.94 bits per heavy atom. The Hall–Kier alpha value is -3.55. The zero-order chi connectivity index (χ0) is 25.4. The minimum atomic E-state index is -0.925. The van der Waals surface area contributed by atoms with Crippen molar-refractivity contribution in [3.05, 3.63) is 82.2 Å². The standard InChI is InChI=1S/C26H34N6O3/c1-5-22(32(29-28-27)25(34)35-26(2,3)4)24(33)31-18-16-30(17-19-31)23(20-12-8-6-9-13-20)21-14-10-7-11-15-21/h6-15,22-23H,5,16-19H2,1-4H3/t22-/m0/s1. The second-order valence-electron chi connectivity index (χ2n) is 9.51. The Kier molecular flexibility index (Phi) is 8.73. The van der Waals surface area contributed by atoms with E-state index in [-0.39, 0.29) is 11.9 Å². The van der Waals surface area contributed by atoms with Gasteiger partial charge in [-0.3, -0.25) is 9.69 Å². The molecule has 0 spiro atoms. The quantitative estimate of drug-likeness (QED) is 0.237. The van der Waals surface area contributed by atoms with Gasteiger partial charge in [-0.05, 0) is 43.5 Å². The average molecular weight is 479 g/mol. The first kappa shape index (κ1) is 26.1. The molecule has 3 rings (SSSR count). The van der Waals surface area contributed by atoms with Crippen LogP contribution in [-0.2, 0) is 9.53 Å². The van der Waals surface area contributed by atoms with Crippen molar-refractivity contribution in [2.75, 3.05) is 26.2 Å². The summed E-state index contributed by atoms with van der Waals surface area (Å²) in [5.41, 5.74) is 10.6. The van der Waals surface area contributed by atoms with Crippen molar-refractivity contribution < 1.29 is 14.3 Å². The van der Waals surface area contributed by atoms with E-state index in [0.29, 0.717) is 32.6 Å². The fourth-order valence-corrected chi connectivity index (χ4v) is 4.33. The van der Waals surface area contributed by atoms with Gasteiger partial charge in [-0.1, -0.05) is 67.6 Å². The van der Waals surface area contributed by atoms with E-state index in [1.54, 1.807) is 32.6 Å². The fraction of sp³-hybridized carbons (Fsp3) is 0.462. The zero-order valence-electron chi connectivity index (χ0n) is 20.9. The van der Waals surface area contributed by atoms with Crippen LogP contribution < -0.4 is 0 Å². The van der Waals surface area contributed by atoms with E-state index in [2.05, 4.69) is 39.3 Å². The molecule has 35 heavy (non-hydrogen) atoms. The minimum Gasteiger partial charge on any atom is -0.425 e. The van der Waals surface area contributed by atoms with Gasteiger partial charge >= 0.3 is 6.09 Å². The summed E-state index contributed by atoms with van der Waals surface area (Å²) in [7, 11) is 0. The molecule has 0 aromatic heterocycles. The topological polar surface area (TPSA) is 102 Å². The van der Waals surface area contributed by atoms with Crippen molar-refractivity contribution in [1.82, 2.24) is 14.8 Å². The Labute approximate surface area is 206 Å². The lowest BCUT2D eigenvalue weighted by atomic mass is 9.96. The summed E-state index contributed by atoms with van der Waals surface area (Å²) < 4.78 is 5.36. The first-order valence-corrected chi connectivity index (χ1v) is 11.9. The van der Waals surface area contributed by atoms with Gasteiger partial charge in [0.05, 0.1) is 6.04 Å². The number of azide groups is 1. The van der Waals surface area contributed by atoms with Crippen LogP contribution in [0.1, 0.15) is 51.3 Å². The number of rotatable bonds is 7. The number of nitrogens with zero attached hydrogens (tertiary/aromatic N) is 6. The minimum absolute atomic E-state index is 0.0816. The Morgan fingerprint density at radius 1 is 1.00 bits per heavy atom. The smallest absolute Gasteiger partial charge is 0.425 e. The highest BCUT2D eigenvalue weighted by Gasteiger charge is 2.39.